The highest BCUT2D eigenvalue weighted by molar-refractivity contribution is 5.74. The maximum Gasteiger partial charge on any atom is 0.267 e. The number of nitrogen functional groups attached to an aromatic ring is 1. The molecule has 152 valence electrons. The normalized spacial score (nSPS) is 15.8. The van der Waals surface area contributed by atoms with E-state index in [0.29, 0.717) is 5.69 Å². The van der Waals surface area contributed by atoms with E-state index in [1.807, 2.05) is 0 Å². The van der Waals surface area contributed by atoms with Gasteiger partial charge in [0.1, 0.15) is 11.5 Å². The van der Waals surface area contributed by atoms with Gasteiger partial charge in [0.25, 0.3) is 6.43 Å². The molecule has 10 heteroatoms. The number of piperidine rings is 1. The Labute approximate surface area is 164 Å². The summed E-state index contributed by atoms with van der Waals surface area (Å²) in [6, 6.07) is 3.92. The van der Waals surface area contributed by atoms with Crippen LogP contribution >= 0.6 is 0 Å². The summed E-state index contributed by atoms with van der Waals surface area (Å²) in [6.07, 6.45) is 0.456. The van der Waals surface area contributed by atoms with Crippen molar-refractivity contribution >= 4 is 17.0 Å². The third-order valence-corrected chi connectivity index (χ3v) is 4.85. The van der Waals surface area contributed by atoms with Crippen LogP contribution in [0, 0.1) is 12.7 Å². The maximum atomic E-state index is 14.4. The van der Waals surface area contributed by atoms with Crippen molar-refractivity contribution in [1.82, 2.24) is 19.9 Å². The van der Waals surface area contributed by atoms with Crippen LogP contribution in [0.4, 0.5) is 24.5 Å². The fourth-order valence-electron chi connectivity index (χ4n) is 3.32. The van der Waals surface area contributed by atoms with Gasteiger partial charge in [-0.25, -0.2) is 22.7 Å². The number of nitrogens with two attached hydrogens (primary N) is 1. The van der Waals surface area contributed by atoms with Crippen LogP contribution in [-0.2, 0) is 0 Å². The largest absolute Gasteiger partial charge is 0.395 e. The zero-order valence-corrected chi connectivity index (χ0v) is 15.7. The van der Waals surface area contributed by atoms with E-state index < -0.39 is 12.2 Å². The third kappa shape index (κ3) is 3.93. The molecule has 0 unspecified atom stereocenters. The first kappa shape index (κ1) is 19.3. The Kier molecular flexibility index (Phi) is 5.18. The van der Waals surface area contributed by atoms with Crippen molar-refractivity contribution in [2.24, 2.45) is 10.2 Å². The maximum absolute atomic E-state index is 14.4. The number of benzene rings is 1. The molecule has 0 bridgehead atoms. The van der Waals surface area contributed by atoms with Crippen molar-refractivity contribution in [3.05, 3.63) is 41.5 Å². The second-order valence-corrected chi connectivity index (χ2v) is 7.02. The van der Waals surface area contributed by atoms with E-state index in [1.54, 1.807) is 6.92 Å². The summed E-state index contributed by atoms with van der Waals surface area (Å²) in [5.74, 6) is -0.705. The summed E-state index contributed by atoms with van der Waals surface area (Å²) in [5.41, 5.74) is 6.63. The molecule has 0 aliphatic carbocycles. The lowest BCUT2D eigenvalue weighted by Gasteiger charge is -2.17. The van der Waals surface area contributed by atoms with Crippen molar-refractivity contribution in [2.45, 2.75) is 32.2 Å². The number of aryl methyl sites for hydroxylation is 1. The van der Waals surface area contributed by atoms with Crippen molar-refractivity contribution in [1.29, 1.82) is 0 Å². The van der Waals surface area contributed by atoms with Crippen LogP contribution < -0.4 is 11.1 Å². The van der Waals surface area contributed by atoms with E-state index in [2.05, 4.69) is 25.6 Å². The van der Waals surface area contributed by atoms with Crippen LogP contribution in [0.2, 0.25) is 0 Å². The van der Waals surface area contributed by atoms with E-state index in [1.165, 1.54) is 22.8 Å². The van der Waals surface area contributed by atoms with Crippen molar-refractivity contribution in [2.75, 3.05) is 18.8 Å². The minimum atomic E-state index is -2.75. The zero-order chi connectivity index (χ0) is 20.5. The number of hydrogen-bond acceptors (Lipinski definition) is 6. The van der Waals surface area contributed by atoms with E-state index >= 15 is 0 Å². The van der Waals surface area contributed by atoms with Gasteiger partial charge in [-0.1, -0.05) is 0 Å². The lowest BCUT2D eigenvalue weighted by atomic mass is 10.1. The van der Waals surface area contributed by atoms with E-state index in [4.69, 9.17) is 5.73 Å². The SMILES string of the molecule is Cc1cn2nc(-c3cc(F)c(N)c(N=NC4CCNCC4)c3)cc(C(F)F)c2n1. The van der Waals surface area contributed by atoms with Gasteiger partial charge in [-0.3, -0.25) is 0 Å². The molecule has 0 radical (unpaired) electrons. The Morgan fingerprint density at radius 1 is 1.24 bits per heavy atom. The number of aromatic nitrogens is 3. The van der Waals surface area contributed by atoms with Gasteiger partial charge < -0.3 is 11.1 Å². The Morgan fingerprint density at radius 3 is 2.72 bits per heavy atom. The number of anilines is 1. The lowest BCUT2D eigenvalue weighted by molar-refractivity contribution is 0.152. The summed E-state index contributed by atoms with van der Waals surface area (Å²) in [7, 11) is 0. The second-order valence-electron chi connectivity index (χ2n) is 7.02. The van der Waals surface area contributed by atoms with Crippen LogP contribution in [0.3, 0.4) is 0 Å². The highest BCUT2D eigenvalue weighted by Gasteiger charge is 2.19. The number of nitrogens with one attached hydrogen (secondary N) is 1. The Hall–Kier alpha value is -3.01. The number of rotatable bonds is 4. The van der Waals surface area contributed by atoms with Crippen molar-refractivity contribution < 1.29 is 13.2 Å². The van der Waals surface area contributed by atoms with E-state index in [-0.39, 0.29) is 39.9 Å². The molecule has 3 N–H and O–H groups in total. The molecule has 7 nitrogen and oxygen atoms in total. The molecule has 29 heavy (non-hydrogen) atoms. The van der Waals surface area contributed by atoms with Gasteiger partial charge in [-0.15, -0.1) is 0 Å². The molecule has 1 saturated heterocycles. The van der Waals surface area contributed by atoms with Crippen LogP contribution in [-0.4, -0.2) is 33.7 Å². The average molecular weight is 403 g/mol. The summed E-state index contributed by atoms with van der Waals surface area (Å²) >= 11 is 0. The first-order valence-electron chi connectivity index (χ1n) is 9.28. The van der Waals surface area contributed by atoms with Crippen LogP contribution in [0.1, 0.15) is 30.5 Å². The standard InChI is InChI=1S/C19H20F3N7/c1-10-9-29-19(25-10)13(18(21)22)8-15(28-29)11-6-14(20)17(23)16(7-11)27-26-12-2-4-24-5-3-12/h6-9,12,18,24H,2-5,23H2,1H3. The lowest BCUT2D eigenvalue weighted by Crippen LogP contribution is -2.29. The molecule has 4 rings (SSSR count). The predicted molar refractivity (Wildman–Crippen MR) is 103 cm³/mol. The van der Waals surface area contributed by atoms with Gasteiger partial charge >= 0.3 is 0 Å². The van der Waals surface area contributed by atoms with Gasteiger partial charge in [0.2, 0.25) is 0 Å². The number of fused-ring (bicyclic) bond motifs is 1. The molecule has 1 aliphatic heterocycles. The predicted octanol–water partition coefficient (Wildman–Crippen LogP) is 4.20. The smallest absolute Gasteiger partial charge is 0.267 e. The van der Waals surface area contributed by atoms with Gasteiger partial charge in [-0.2, -0.15) is 15.3 Å². The van der Waals surface area contributed by atoms with Crippen LogP contribution in [0.5, 0.6) is 0 Å². The molecule has 1 aliphatic rings. The third-order valence-electron chi connectivity index (χ3n) is 4.85. The number of alkyl halides is 2. The number of imidazole rings is 1. The topological polar surface area (TPSA) is 93.0 Å². The fourth-order valence-corrected chi connectivity index (χ4v) is 3.32. The molecular weight excluding hydrogens is 383 g/mol. The van der Waals surface area contributed by atoms with Crippen LogP contribution in [0.15, 0.2) is 34.6 Å². The van der Waals surface area contributed by atoms with Gasteiger partial charge in [0, 0.05) is 5.56 Å². The quantitative estimate of drug-likeness (QED) is 0.504. The average Bonchev–Trinajstić information content (AvgIpc) is 3.08. The molecule has 2 aromatic heterocycles. The minimum absolute atomic E-state index is 0.0382. The molecule has 3 aromatic rings. The summed E-state index contributed by atoms with van der Waals surface area (Å²) in [4.78, 5) is 4.09. The highest BCUT2D eigenvalue weighted by atomic mass is 19.3. The Bertz CT molecular complexity index is 1070. The molecular formula is C19H20F3N7. The monoisotopic (exact) mass is 403 g/mol. The molecule has 1 fully saturated rings. The fraction of sp³-hybridized carbons (Fsp3) is 0.368. The summed E-state index contributed by atoms with van der Waals surface area (Å²) in [5, 5.41) is 15.9. The zero-order valence-electron chi connectivity index (χ0n) is 15.7. The second kappa shape index (κ2) is 7.78. The highest BCUT2D eigenvalue weighted by Crippen LogP contribution is 2.34. The van der Waals surface area contributed by atoms with Gasteiger partial charge in [0.05, 0.1) is 34.9 Å². The van der Waals surface area contributed by atoms with Crippen molar-refractivity contribution in [3.8, 4) is 11.3 Å². The van der Waals surface area contributed by atoms with Crippen molar-refractivity contribution in [3.63, 3.8) is 0 Å². The molecule has 0 spiro atoms. The minimum Gasteiger partial charge on any atom is -0.395 e. The number of azo groups is 1. The van der Waals surface area contributed by atoms with E-state index in [0.717, 1.165) is 32.0 Å². The molecule has 1 aromatic carbocycles. The van der Waals surface area contributed by atoms with Gasteiger partial charge in [0.15, 0.2) is 5.65 Å². The Balaban J connectivity index is 1.77. The van der Waals surface area contributed by atoms with Gasteiger partial charge in [-0.05, 0) is 51.1 Å². The molecule has 0 atom stereocenters. The summed E-state index contributed by atoms with van der Waals surface area (Å²) < 4.78 is 42.8. The first-order chi connectivity index (χ1) is 13.9. The molecule has 3 heterocycles. The molecule has 0 amide bonds. The number of hydrogen-bond donors (Lipinski definition) is 2. The number of nitrogens with zero attached hydrogens (tertiary/aromatic N) is 5. The van der Waals surface area contributed by atoms with Crippen LogP contribution in [0.25, 0.3) is 16.9 Å². The van der Waals surface area contributed by atoms with E-state index in [9.17, 15) is 13.2 Å². The summed E-state index contributed by atoms with van der Waals surface area (Å²) in [6.45, 7) is 3.38. The number of halogens is 3. The Morgan fingerprint density at radius 2 is 2.00 bits per heavy atom. The molecule has 0 saturated carbocycles. The first-order valence-corrected chi connectivity index (χ1v) is 9.28.